The molecule has 3 heteroatoms. The van der Waals surface area contributed by atoms with E-state index in [0.717, 1.165) is 13.1 Å². The molecule has 0 aromatic carbocycles. The molecule has 1 aliphatic heterocycles. The van der Waals surface area contributed by atoms with Crippen LogP contribution in [0.25, 0.3) is 0 Å². The van der Waals surface area contributed by atoms with E-state index in [1.807, 2.05) is 0 Å². The van der Waals surface area contributed by atoms with Crippen molar-refractivity contribution in [1.82, 2.24) is 15.1 Å². The normalized spacial score (nSPS) is 22.4. The molecule has 0 aromatic heterocycles. The van der Waals surface area contributed by atoms with Gasteiger partial charge >= 0.3 is 0 Å². The van der Waals surface area contributed by atoms with E-state index in [1.165, 1.54) is 31.5 Å². The molecule has 1 fully saturated rings. The molecule has 0 saturated carbocycles. The molecule has 0 aromatic rings. The van der Waals surface area contributed by atoms with Crippen LogP contribution in [0.5, 0.6) is 0 Å². The summed E-state index contributed by atoms with van der Waals surface area (Å²) in [7, 11) is 4.37. The van der Waals surface area contributed by atoms with Gasteiger partial charge in [0, 0.05) is 31.2 Å². The molecule has 0 bridgehead atoms. The Hall–Kier alpha value is -0.380. The fourth-order valence-electron chi connectivity index (χ4n) is 2.36. The maximum atomic E-state index is 4.20. The summed E-state index contributed by atoms with van der Waals surface area (Å²) in [5.41, 5.74) is 1.47. The summed E-state index contributed by atoms with van der Waals surface area (Å²) in [6.45, 7) is 15.2. The largest absolute Gasteiger partial charge is 0.308 e. The van der Waals surface area contributed by atoms with E-state index in [0.29, 0.717) is 6.04 Å². The van der Waals surface area contributed by atoms with Gasteiger partial charge in [0.1, 0.15) is 0 Å². The molecule has 0 spiro atoms. The van der Waals surface area contributed by atoms with Crippen LogP contribution in [0, 0.1) is 0 Å². The number of hydrogen-bond acceptors (Lipinski definition) is 3. The fourth-order valence-corrected chi connectivity index (χ4v) is 2.36. The third kappa shape index (κ3) is 5.98. The van der Waals surface area contributed by atoms with Gasteiger partial charge in [-0.25, -0.2) is 0 Å². The lowest BCUT2D eigenvalue weighted by molar-refractivity contribution is 0.141. The zero-order valence-corrected chi connectivity index (χ0v) is 12.9. The predicted molar refractivity (Wildman–Crippen MR) is 80.0 cm³/mol. The average Bonchev–Trinajstić information content (AvgIpc) is 2.26. The summed E-state index contributed by atoms with van der Waals surface area (Å²) in [5, 5.41) is 3.51. The average molecular weight is 253 g/mol. The second-order valence-electron chi connectivity index (χ2n) is 6.85. The lowest BCUT2D eigenvalue weighted by atomic mass is 10.0. The van der Waals surface area contributed by atoms with Crippen LogP contribution in [-0.4, -0.2) is 61.7 Å². The van der Waals surface area contributed by atoms with Crippen LogP contribution in [0.15, 0.2) is 12.2 Å². The van der Waals surface area contributed by atoms with Crippen LogP contribution in [0.3, 0.4) is 0 Å². The van der Waals surface area contributed by atoms with Crippen LogP contribution in [0.1, 0.15) is 33.6 Å². The molecule has 3 nitrogen and oxygen atoms in total. The summed E-state index contributed by atoms with van der Waals surface area (Å²) < 4.78 is 0. The molecule has 0 amide bonds. The highest BCUT2D eigenvalue weighted by atomic mass is 15.2. The topological polar surface area (TPSA) is 18.5 Å². The smallest absolute Gasteiger partial charge is 0.0217 e. The standard InChI is InChI=1S/C15H31N3/c1-13(10-16-15(2,3)4)11-18-9-7-8-14(12-18)17(5)6/h14,16H,1,7-12H2,2-6H3. The fraction of sp³-hybridized carbons (Fsp3) is 0.867. The number of nitrogens with zero attached hydrogens (tertiary/aromatic N) is 2. The van der Waals surface area contributed by atoms with Gasteiger partial charge in [-0.1, -0.05) is 6.58 Å². The highest BCUT2D eigenvalue weighted by Gasteiger charge is 2.21. The summed E-state index contributed by atoms with van der Waals surface area (Å²) in [5.74, 6) is 0. The van der Waals surface area contributed by atoms with Gasteiger partial charge in [-0.2, -0.15) is 0 Å². The SMILES string of the molecule is C=C(CNC(C)(C)C)CN1CCCC(N(C)C)C1. The van der Waals surface area contributed by atoms with Crippen LogP contribution < -0.4 is 5.32 Å². The van der Waals surface area contributed by atoms with Crippen LogP contribution in [0.2, 0.25) is 0 Å². The van der Waals surface area contributed by atoms with Gasteiger partial charge in [-0.05, 0) is 59.8 Å². The summed E-state index contributed by atoms with van der Waals surface area (Å²) in [4.78, 5) is 4.89. The Balaban J connectivity index is 2.31. The van der Waals surface area contributed by atoms with Gasteiger partial charge in [0.15, 0.2) is 0 Å². The molecule has 1 N–H and O–H groups in total. The second-order valence-corrected chi connectivity index (χ2v) is 6.85. The molecule has 1 rings (SSSR count). The number of hydrogen-bond donors (Lipinski definition) is 1. The molecule has 1 unspecified atom stereocenters. The van der Waals surface area contributed by atoms with E-state index in [9.17, 15) is 0 Å². The van der Waals surface area contributed by atoms with Gasteiger partial charge in [0.2, 0.25) is 0 Å². The highest BCUT2D eigenvalue weighted by molar-refractivity contribution is 5.02. The van der Waals surface area contributed by atoms with Crippen LogP contribution >= 0.6 is 0 Å². The van der Waals surface area contributed by atoms with E-state index in [-0.39, 0.29) is 5.54 Å². The molecule has 18 heavy (non-hydrogen) atoms. The molecule has 106 valence electrons. The Morgan fingerprint density at radius 3 is 2.61 bits per heavy atom. The zero-order valence-electron chi connectivity index (χ0n) is 12.9. The van der Waals surface area contributed by atoms with Crippen molar-refractivity contribution in [1.29, 1.82) is 0 Å². The van der Waals surface area contributed by atoms with Crippen molar-refractivity contribution in [3.05, 3.63) is 12.2 Å². The van der Waals surface area contributed by atoms with Gasteiger partial charge < -0.3 is 10.2 Å². The highest BCUT2D eigenvalue weighted by Crippen LogP contribution is 2.14. The van der Waals surface area contributed by atoms with Crippen molar-refractivity contribution in [2.75, 3.05) is 40.3 Å². The second kappa shape index (κ2) is 6.69. The van der Waals surface area contributed by atoms with Crippen molar-refractivity contribution in [3.8, 4) is 0 Å². The number of likely N-dealkylation sites (tertiary alicyclic amines) is 1. The molecular weight excluding hydrogens is 222 g/mol. The Bertz CT molecular complexity index is 265. The van der Waals surface area contributed by atoms with Crippen LogP contribution in [0.4, 0.5) is 0 Å². The van der Waals surface area contributed by atoms with Crippen molar-refractivity contribution in [3.63, 3.8) is 0 Å². The molecule has 1 heterocycles. The maximum absolute atomic E-state index is 4.20. The minimum atomic E-state index is 0.178. The molecular formula is C15H31N3. The van der Waals surface area contributed by atoms with Gasteiger partial charge in [0.25, 0.3) is 0 Å². The molecule has 0 aliphatic carbocycles. The van der Waals surface area contributed by atoms with Crippen molar-refractivity contribution < 1.29 is 0 Å². The Morgan fingerprint density at radius 2 is 2.06 bits per heavy atom. The molecule has 1 atom stereocenters. The van der Waals surface area contributed by atoms with Crippen molar-refractivity contribution in [2.45, 2.75) is 45.2 Å². The lowest BCUT2D eigenvalue weighted by Gasteiger charge is -2.36. The third-order valence-corrected chi connectivity index (χ3v) is 3.53. The quantitative estimate of drug-likeness (QED) is 0.756. The van der Waals surface area contributed by atoms with E-state index in [1.54, 1.807) is 0 Å². The monoisotopic (exact) mass is 253 g/mol. The van der Waals surface area contributed by atoms with Gasteiger partial charge in [0.05, 0.1) is 0 Å². The summed E-state index contributed by atoms with van der Waals surface area (Å²) in [6, 6.07) is 0.710. The van der Waals surface area contributed by atoms with Gasteiger partial charge in [-0.3, -0.25) is 4.90 Å². The first-order valence-corrected chi connectivity index (χ1v) is 7.08. The molecule has 1 aliphatic rings. The zero-order chi connectivity index (χ0) is 13.8. The molecule has 0 radical (unpaired) electrons. The van der Waals surface area contributed by atoms with E-state index in [2.05, 4.69) is 56.6 Å². The first-order chi connectivity index (χ1) is 8.28. The molecule has 1 saturated heterocycles. The summed E-state index contributed by atoms with van der Waals surface area (Å²) in [6.07, 6.45) is 2.64. The van der Waals surface area contributed by atoms with E-state index < -0.39 is 0 Å². The first-order valence-electron chi connectivity index (χ1n) is 7.08. The predicted octanol–water partition coefficient (Wildman–Crippen LogP) is 1.96. The number of nitrogens with one attached hydrogen (secondary N) is 1. The Kier molecular flexibility index (Phi) is 5.83. The lowest BCUT2D eigenvalue weighted by Crippen LogP contribution is -2.46. The Labute approximate surface area is 113 Å². The van der Waals surface area contributed by atoms with Crippen molar-refractivity contribution in [2.24, 2.45) is 0 Å². The number of piperidine rings is 1. The first kappa shape index (κ1) is 15.7. The Morgan fingerprint density at radius 1 is 1.39 bits per heavy atom. The third-order valence-electron chi connectivity index (χ3n) is 3.53. The minimum Gasteiger partial charge on any atom is -0.308 e. The van der Waals surface area contributed by atoms with Crippen LogP contribution in [-0.2, 0) is 0 Å². The van der Waals surface area contributed by atoms with Gasteiger partial charge in [-0.15, -0.1) is 0 Å². The van der Waals surface area contributed by atoms with E-state index in [4.69, 9.17) is 0 Å². The van der Waals surface area contributed by atoms with Crippen molar-refractivity contribution >= 4 is 0 Å². The maximum Gasteiger partial charge on any atom is 0.0217 e. The summed E-state index contributed by atoms with van der Waals surface area (Å²) >= 11 is 0. The number of rotatable bonds is 5. The van der Waals surface area contributed by atoms with E-state index >= 15 is 0 Å². The number of likely N-dealkylation sites (N-methyl/N-ethyl adjacent to an activating group) is 1. The minimum absolute atomic E-state index is 0.178.